The molecule has 3 heteroatoms. The van der Waals surface area contributed by atoms with Crippen molar-refractivity contribution in [1.29, 1.82) is 0 Å². The minimum Gasteiger partial charge on any atom is -0.368 e. The van der Waals surface area contributed by atoms with Crippen molar-refractivity contribution in [1.82, 2.24) is 4.90 Å². The summed E-state index contributed by atoms with van der Waals surface area (Å²) in [6.07, 6.45) is 1.96. The summed E-state index contributed by atoms with van der Waals surface area (Å²) in [6.45, 7) is 3.10. The highest BCUT2D eigenvalue weighted by Crippen LogP contribution is 2.28. The van der Waals surface area contributed by atoms with Gasteiger partial charge in [-0.05, 0) is 31.9 Å². The molecular formula is C13H18N2O. The normalized spacial score (nSPS) is 23.2. The first-order chi connectivity index (χ1) is 7.70. The van der Waals surface area contributed by atoms with Crippen molar-refractivity contribution in [2.24, 2.45) is 5.73 Å². The predicted octanol–water partition coefficient (Wildman–Crippen LogP) is 1.70. The number of carbonyl (C=O) groups excluding carboxylic acids is 1. The van der Waals surface area contributed by atoms with Crippen molar-refractivity contribution >= 4 is 5.91 Å². The van der Waals surface area contributed by atoms with Gasteiger partial charge in [-0.2, -0.15) is 0 Å². The number of amides is 1. The van der Waals surface area contributed by atoms with Crippen LogP contribution in [0.1, 0.15) is 31.4 Å². The number of carbonyl (C=O) groups is 1. The van der Waals surface area contributed by atoms with E-state index in [9.17, 15) is 4.79 Å². The molecule has 0 radical (unpaired) electrons. The van der Waals surface area contributed by atoms with E-state index in [1.165, 1.54) is 5.56 Å². The number of hydrogen-bond donors (Lipinski definition) is 1. The zero-order valence-corrected chi connectivity index (χ0v) is 9.60. The Hall–Kier alpha value is -1.35. The number of likely N-dealkylation sites (tertiary alicyclic amines) is 1. The van der Waals surface area contributed by atoms with Crippen LogP contribution in [0, 0.1) is 0 Å². The number of primary amides is 1. The predicted molar refractivity (Wildman–Crippen MR) is 63.8 cm³/mol. The molecule has 16 heavy (non-hydrogen) atoms. The van der Waals surface area contributed by atoms with E-state index in [2.05, 4.69) is 24.0 Å². The van der Waals surface area contributed by atoms with Crippen LogP contribution in [-0.2, 0) is 4.79 Å². The van der Waals surface area contributed by atoms with E-state index in [4.69, 9.17) is 5.73 Å². The van der Waals surface area contributed by atoms with Gasteiger partial charge in [-0.1, -0.05) is 30.3 Å². The SMILES string of the molecule is C[C@@H](c1ccccc1)N1CCCC1C(N)=O. The van der Waals surface area contributed by atoms with Crippen LogP contribution in [0.25, 0.3) is 0 Å². The molecule has 3 nitrogen and oxygen atoms in total. The molecule has 1 aliphatic rings. The van der Waals surface area contributed by atoms with E-state index < -0.39 is 0 Å². The Balaban J connectivity index is 2.15. The lowest BCUT2D eigenvalue weighted by Gasteiger charge is -2.29. The van der Waals surface area contributed by atoms with Gasteiger partial charge in [-0.25, -0.2) is 0 Å². The molecule has 1 aliphatic heterocycles. The molecule has 1 fully saturated rings. The van der Waals surface area contributed by atoms with Gasteiger partial charge in [0, 0.05) is 6.04 Å². The summed E-state index contributed by atoms with van der Waals surface area (Å²) in [4.78, 5) is 13.5. The number of nitrogens with zero attached hydrogens (tertiary/aromatic N) is 1. The molecule has 2 N–H and O–H groups in total. The molecule has 1 saturated heterocycles. The van der Waals surface area contributed by atoms with Crippen LogP contribution in [0.2, 0.25) is 0 Å². The molecule has 1 unspecified atom stereocenters. The first kappa shape index (κ1) is 11.1. The van der Waals surface area contributed by atoms with Gasteiger partial charge in [0.05, 0.1) is 6.04 Å². The van der Waals surface area contributed by atoms with Crippen LogP contribution in [0.15, 0.2) is 30.3 Å². The van der Waals surface area contributed by atoms with Crippen molar-refractivity contribution in [3.63, 3.8) is 0 Å². The molecule has 86 valence electrons. The molecule has 0 saturated carbocycles. The van der Waals surface area contributed by atoms with Gasteiger partial charge in [0.1, 0.15) is 0 Å². The highest BCUT2D eigenvalue weighted by Gasteiger charge is 2.32. The Labute approximate surface area is 96.2 Å². The zero-order valence-electron chi connectivity index (χ0n) is 9.60. The lowest BCUT2D eigenvalue weighted by molar-refractivity contribution is -0.122. The number of benzene rings is 1. The Morgan fingerprint density at radius 3 is 2.75 bits per heavy atom. The van der Waals surface area contributed by atoms with Gasteiger partial charge in [-0.15, -0.1) is 0 Å². The van der Waals surface area contributed by atoms with E-state index in [0.29, 0.717) is 0 Å². The third kappa shape index (κ3) is 2.09. The lowest BCUT2D eigenvalue weighted by atomic mass is 10.1. The third-order valence-electron chi connectivity index (χ3n) is 3.40. The monoisotopic (exact) mass is 218 g/mol. The standard InChI is InChI=1S/C13H18N2O/c1-10(11-6-3-2-4-7-11)15-9-5-8-12(15)13(14)16/h2-4,6-7,10,12H,5,8-9H2,1H3,(H2,14,16)/t10-,12?/m0/s1. The second-order valence-corrected chi connectivity index (χ2v) is 4.38. The van der Waals surface area contributed by atoms with Crippen molar-refractivity contribution in [3.8, 4) is 0 Å². The zero-order chi connectivity index (χ0) is 11.5. The molecule has 2 atom stereocenters. The van der Waals surface area contributed by atoms with Gasteiger partial charge in [0.25, 0.3) is 0 Å². The summed E-state index contributed by atoms with van der Waals surface area (Å²) < 4.78 is 0. The Bertz CT molecular complexity index is 363. The maximum absolute atomic E-state index is 11.3. The molecule has 0 aromatic heterocycles. The molecule has 2 rings (SSSR count). The van der Waals surface area contributed by atoms with Crippen molar-refractivity contribution < 1.29 is 4.79 Å². The molecule has 0 bridgehead atoms. The van der Waals surface area contributed by atoms with Crippen LogP contribution < -0.4 is 5.73 Å². The van der Waals surface area contributed by atoms with Crippen LogP contribution in [0.4, 0.5) is 0 Å². The van der Waals surface area contributed by atoms with Crippen LogP contribution >= 0.6 is 0 Å². The first-order valence-corrected chi connectivity index (χ1v) is 5.80. The quantitative estimate of drug-likeness (QED) is 0.839. The van der Waals surface area contributed by atoms with Gasteiger partial charge >= 0.3 is 0 Å². The van der Waals surface area contributed by atoms with E-state index in [0.717, 1.165) is 19.4 Å². The smallest absolute Gasteiger partial charge is 0.234 e. The highest BCUT2D eigenvalue weighted by molar-refractivity contribution is 5.80. The summed E-state index contributed by atoms with van der Waals surface area (Å²) in [5.41, 5.74) is 6.67. The summed E-state index contributed by atoms with van der Waals surface area (Å²) in [5, 5.41) is 0. The van der Waals surface area contributed by atoms with E-state index in [1.54, 1.807) is 0 Å². The van der Waals surface area contributed by atoms with Crippen LogP contribution in [0.5, 0.6) is 0 Å². The third-order valence-corrected chi connectivity index (χ3v) is 3.40. The maximum Gasteiger partial charge on any atom is 0.234 e. The number of hydrogen-bond acceptors (Lipinski definition) is 2. The fraction of sp³-hybridized carbons (Fsp3) is 0.462. The second-order valence-electron chi connectivity index (χ2n) is 4.38. The van der Waals surface area contributed by atoms with E-state index >= 15 is 0 Å². The maximum atomic E-state index is 11.3. The van der Waals surface area contributed by atoms with Crippen LogP contribution in [0.3, 0.4) is 0 Å². The lowest BCUT2D eigenvalue weighted by Crippen LogP contribution is -2.41. The Morgan fingerprint density at radius 1 is 1.44 bits per heavy atom. The average Bonchev–Trinajstić information content (AvgIpc) is 2.78. The Kier molecular flexibility index (Phi) is 3.25. The minimum absolute atomic E-state index is 0.0878. The van der Waals surface area contributed by atoms with Crippen molar-refractivity contribution in [2.75, 3.05) is 6.54 Å². The van der Waals surface area contributed by atoms with Gasteiger partial charge in [0.2, 0.25) is 5.91 Å². The van der Waals surface area contributed by atoms with Gasteiger partial charge in [-0.3, -0.25) is 9.69 Å². The molecule has 0 spiro atoms. The molecule has 1 aromatic carbocycles. The van der Waals surface area contributed by atoms with Crippen LogP contribution in [-0.4, -0.2) is 23.4 Å². The van der Waals surface area contributed by atoms with E-state index in [-0.39, 0.29) is 18.0 Å². The molecular weight excluding hydrogens is 200 g/mol. The number of nitrogens with two attached hydrogens (primary N) is 1. The Morgan fingerprint density at radius 2 is 2.12 bits per heavy atom. The highest BCUT2D eigenvalue weighted by atomic mass is 16.1. The van der Waals surface area contributed by atoms with E-state index in [1.807, 2.05) is 18.2 Å². The largest absolute Gasteiger partial charge is 0.368 e. The summed E-state index contributed by atoms with van der Waals surface area (Å²) >= 11 is 0. The molecule has 0 aliphatic carbocycles. The van der Waals surface area contributed by atoms with Crippen molar-refractivity contribution in [2.45, 2.75) is 31.8 Å². The molecule has 1 amide bonds. The average molecular weight is 218 g/mol. The fourth-order valence-corrected chi connectivity index (χ4v) is 2.48. The first-order valence-electron chi connectivity index (χ1n) is 5.80. The summed E-state index contributed by atoms with van der Waals surface area (Å²) in [5.74, 6) is -0.194. The summed E-state index contributed by atoms with van der Waals surface area (Å²) in [7, 11) is 0. The minimum atomic E-state index is -0.194. The number of rotatable bonds is 3. The van der Waals surface area contributed by atoms with Crippen molar-refractivity contribution in [3.05, 3.63) is 35.9 Å². The van der Waals surface area contributed by atoms with Gasteiger partial charge in [0.15, 0.2) is 0 Å². The molecule has 1 heterocycles. The second kappa shape index (κ2) is 4.66. The molecule has 1 aromatic rings. The summed E-state index contributed by atoms with van der Waals surface area (Å²) in [6, 6.07) is 10.4. The van der Waals surface area contributed by atoms with Gasteiger partial charge < -0.3 is 5.73 Å². The fourth-order valence-electron chi connectivity index (χ4n) is 2.48. The topological polar surface area (TPSA) is 46.3 Å².